The van der Waals surface area contributed by atoms with Gasteiger partial charge in [-0.2, -0.15) is 0 Å². The van der Waals surface area contributed by atoms with E-state index in [2.05, 4.69) is 45.0 Å². The SMILES string of the molecule is Cc1cccc(C(C)C)c1.O=[N+]([O-])O. The lowest BCUT2D eigenvalue weighted by Crippen LogP contribution is -1.86. The first-order valence-electron chi connectivity index (χ1n) is 4.33. The highest BCUT2D eigenvalue weighted by Crippen LogP contribution is 2.14. The summed E-state index contributed by atoms with van der Waals surface area (Å²) in [6.45, 7) is 6.56. The Bertz CT molecular complexity index is 293. The van der Waals surface area contributed by atoms with Crippen molar-refractivity contribution in [2.75, 3.05) is 0 Å². The Morgan fingerprint density at radius 3 is 2.21 bits per heavy atom. The summed E-state index contributed by atoms with van der Waals surface area (Å²) in [5.74, 6) is 0.653. The van der Waals surface area contributed by atoms with Crippen LogP contribution in [0.4, 0.5) is 0 Å². The van der Waals surface area contributed by atoms with Crippen LogP contribution in [-0.2, 0) is 0 Å². The van der Waals surface area contributed by atoms with Crippen LogP contribution in [0.2, 0.25) is 0 Å². The molecular weight excluding hydrogens is 182 g/mol. The van der Waals surface area contributed by atoms with Crippen molar-refractivity contribution in [3.8, 4) is 0 Å². The zero-order chi connectivity index (χ0) is 11.1. The Morgan fingerprint density at radius 1 is 1.43 bits per heavy atom. The van der Waals surface area contributed by atoms with Gasteiger partial charge in [-0.1, -0.05) is 43.7 Å². The third kappa shape index (κ3) is 5.99. The van der Waals surface area contributed by atoms with E-state index in [4.69, 9.17) is 15.3 Å². The maximum Gasteiger partial charge on any atom is 0.291 e. The summed E-state index contributed by atoms with van der Waals surface area (Å²) in [5.41, 5.74) is 2.78. The molecule has 0 amide bonds. The molecule has 0 aliphatic heterocycles. The molecule has 0 aromatic heterocycles. The molecule has 0 spiro atoms. The van der Waals surface area contributed by atoms with Gasteiger partial charge >= 0.3 is 0 Å². The van der Waals surface area contributed by atoms with Crippen molar-refractivity contribution in [1.82, 2.24) is 0 Å². The lowest BCUT2D eigenvalue weighted by molar-refractivity contribution is -0.742. The molecule has 78 valence electrons. The number of benzene rings is 1. The molecule has 0 unspecified atom stereocenters. The molecule has 1 N–H and O–H groups in total. The van der Waals surface area contributed by atoms with Crippen LogP contribution in [0.1, 0.15) is 30.9 Å². The number of hydrogen-bond donors (Lipinski definition) is 1. The summed E-state index contributed by atoms with van der Waals surface area (Å²) in [5, 5.41) is 13.6. The number of nitrogens with zero attached hydrogens (tertiary/aromatic N) is 1. The van der Waals surface area contributed by atoms with Crippen molar-refractivity contribution >= 4 is 0 Å². The van der Waals surface area contributed by atoms with Gasteiger partial charge in [0.15, 0.2) is 0 Å². The third-order valence-electron chi connectivity index (χ3n) is 1.71. The van der Waals surface area contributed by atoms with Crippen LogP contribution < -0.4 is 0 Å². The van der Waals surface area contributed by atoms with Crippen molar-refractivity contribution in [1.29, 1.82) is 0 Å². The minimum absolute atomic E-state index is 0.653. The maximum atomic E-state index is 8.36. The van der Waals surface area contributed by atoms with E-state index in [0.717, 1.165) is 0 Å². The fourth-order valence-electron chi connectivity index (χ4n) is 1.03. The normalized spacial score (nSPS) is 9.14. The zero-order valence-corrected chi connectivity index (χ0v) is 8.60. The van der Waals surface area contributed by atoms with E-state index in [1.54, 1.807) is 0 Å². The average Bonchev–Trinajstić information content (AvgIpc) is 2.03. The van der Waals surface area contributed by atoms with E-state index in [-0.39, 0.29) is 0 Å². The van der Waals surface area contributed by atoms with Crippen LogP contribution in [0, 0.1) is 17.0 Å². The molecule has 0 aliphatic carbocycles. The molecular formula is C10H15NO3. The molecule has 4 heteroatoms. The third-order valence-corrected chi connectivity index (χ3v) is 1.71. The summed E-state index contributed by atoms with van der Waals surface area (Å²) >= 11 is 0. The minimum atomic E-state index is -1.50. The Hall–Kier alpha value is -1.58. The van der Waals surface area contributed by atoms with E-state index in [9.17, 15) is 0 Å². The first-order valence-corrected chi connectivity index (χ1v) is 4.33. The quantitative estimate of drug-likeness (QED) is 0.556. The average molecular weight is 197 g/mol. The topological polar surface area (TPSA) is 63.4 Å². The molecule has 0 heterocycles. The van der Waals surface area contributed by atoms with Crippen molar-refractivity contribution in [3.63, 3.8) is 0 Å². The first-order chi connectivity index (χ1) is 6.43. The van der Waals surface area contributed by atoms with Gasteiger partial charge in [0.25, 0.3) is 5.09 Å². The van der Waals surface area contributed by atoms with E-state index < -0.39 is 5.09 Å². The largest absolute Gasteiger partial charge is 0.328 e. The Labute approximate surface area is 83.3 Å². The summed E-state index contributed by atoms with van der Waals surface area (Å²) in [6.07, 6.45) is 0. The van der Waals surface area contributed by atoms with Crippen LogP contribution in [0.15, 0.2) is 24.3 Å². The van der Waals surface area contributed by atoms with Crippen LogP contribution in [-0.4, -0.2) is 10.3 Å². The smallest absolute Gasteiger partial charge is 0.291 e. The molecule has 4 nitrogen and oxygen atoms in total. The highest BCUT2D eigenvalue weighted by molar-refractivity contribution is 5.24. The van der Waals surface area contributed by atoms with Crippen molar-refractivity contribution in [2.24, 2.45) is 0 Å². The van der Waals surface area contributed by atoms with Gasteiger partial charge in [0.05, 0.1) is 0 Å². The molecule has 0 saturated carbocycles. The number of hydrogen-bond acceptors (Lipinski definition) is 2. The highest BCUT2D eigenvalue weighted by atomic mass is 16.9. The predicted octanol–water partition coefficient (Wildman–Crippen LogP) is 2.77. The fourth-order valence-corrected chi connectivity index (χ4v) is 1.03. The van der Waals surface area contributed by atoms with E-state index in [1.807, 2.05) is 0 Å². The first kappa shape index (κ1) is 12.4. The molecule has 0 radical (unpaired) electrons. The van der Waals surface area contributed by atoms with E-state index in [1.165, 1.54) is 11.1 Å². The standard InChI is InChI=1S/C10H14.HNO3/c1-8(2)10-6-4-5-9(3)7-10;2-1(3)4/h4-8H,1-3H3;(H,2,3,4). The van der Waals surface area contributed by atoms with E-state index >= 15 is 0 Å². The van der Waals surface area contributed by atoms with Gasteiger partial charge in [0, 0.05) is 0 Å². The van der Waals surface area contributed by atoms with E-state index in [0.29, 0.717) is 5.92 Å². The second-order valence-electron chi connectivity index (χ2n) is 3.31. The van der Waals surface area contributed by atoms with Gasteiger partial charge in [-0.3, -0.25) is 0 Å². The van der Waals surface area contributed by atoms with Crippen molar-refractivity contribution in [2.45, 2.75) is 26.7 Å². The summed E-state index contributed by atoms with van der Waals surface area (Å²) in [4.78, 5) is 8.36. The lowest BCUT2D eigenvalue weighted by atomic mass is 10.0. The van der Waals surface area contributed by atoms with Crippen molar-refractivity contribution < 1.29 is 10.3 Å². The fraction of sp³-hybridized carbons (Fsp3) is 0.400. The number of aryl methyl sites for hydroxylation is 1. The molecule has 0 atom stereocenters. The Morgan fingerprint density at radius 2 is 1.93 bits per heavy atom. The van der Waals surface area contributed by atoms with Gasteiger partial charge < -0.3 is 5.21 Å². The molecule has 1 aromatic rings. The van der Waals surface area contributed by atoms with Crippen LogP contribution in [0.3, 0.4) is 0 Å². The molecule has 1 rings (SSSR count). The highest BCUT2D eigenvalue weighted by Gasteiger charge is 1.96. The molecule has 14 heavy (non-hydrogen) atoms. The Balaban J connectivity index is 0.000000364. The second kappa shape index (κ2) is 5.96. The zero-order valence-electron chi connectivity index (χ0n) is 8.60. The van der Waals surface area contributed by atoms with Crippen LogP contribution in [0.5, 0.6) is 0 Å². The molecule has 0 aliphatic rings. The van der Waals surface area contributed by atoms with Crippen LogP contribution >= 0.6 is 0 Å². The summed E-state index contributed by atoms with van der Waals surface area (Å²) in [6, 6.07) is 8.67. The van der Waals surface area contributed by atoms with Gasteiger partial charge in [0.2, 0.25) is 0 Å². The lowest BCUT2D eigenvalue weighted by Gasteiger charge is -2.04. The van der Waals surface area contributed by atoms with Crippen molar-refractivity contribution in [3.05, 3.63) is 45.5 Å². The van der Waals surface area contributed by atoms with Gasteiger partial charge in [0.1, 0.15) is 0 Å². The van der Waals surface area contributed by atoms with Gasteiger partial charge in [-0.15, -0.1) is 10.1 Å². The molecule has 0 saturated heterocycles. The van der Waals surface area contributed by atoms with Gasteiger partial charge in [-0.05, 0) is 18.4 Å². The Kier molecular flexibility index (Phi) is 5.29. The number of rotatable bonds is 1. The monoisotopic (exact) mass is 197 g/mol. The second-order valence-corrected chi connectivity index (χ2v) is 3.31. The maximum absolute atomic E-state index is 8.36. The summed E-state index contributed by atoms with van der Waals surface area (Å²) in [7, 11) is 0. The molecule has 0 fully saturated rings. The van der Waals surface area contributed by atoms with Crippen LogP contribution in [0.25, 0.3) is 0 Å². The molecule has 0 bridgehead atoms. The molecule has 1 aromatic carbocycles. The minimum Gasteiger partial charge on any atom is -0.328 e. The predicted molar refractivity (Wildman–Crippen MR) is 54.0 cm³/mol. The van der Waals surface area contributed by atoms with Gasteiger partial charge in [-0.25, -0.2) is 0 Å². The summed E-state index contributed by atoms with van der Waals surface area (Å²) < 4.78 is 0.